The third kappa shape index (κ3) is 4.26. The van der Waals surface area contributed by atoms with E-state index in [1.165, 1.54) is 16.9 Å². The molecule has 3 nitrogen and oxygen atoms in total. The molecule has 3 aromatic rings. The molecule has 0 fully saturated rings. The van der Waals surface area contributed by atoms with Gasteiger partial charge in [0.15, 0.2) is 0 Å². The molecule has 0 aliphatic heterocycles. The summed E-state index contributed by atoms with van der Waals surface area (Å²) in [6.07, 6.45) is 0. The molecule has 0 atom stereocenters. The molecule has 2 aromatic carbocycles. The summed E-state index contributed by atoms with van der Waals surface area (Å²) in [6, 6.07) is 13.3. The Balaban J connectivity index is 1.66. The summed E-state index contributed by atoms with van der Waals surface area (Å²) in [4.78, 5) is 13.1. The van der Waals surface area contributed by atoms with Gasteiger partial charge in [0.2, 0.25) is 0 Å². The Kier molecular flexibility index (Phi) is 5.64. The van der Waals surface area contributed by atoms with Gasteiger partial charge in [-0.1, -0.05) is 29.8 Å². The monoisotopic (exact) mass is 385 g/mol. The summed E-state index contributed by atoms with van der Waals surface area (Å²) in [6.45, 7) is 6.48. The number of hydrogen-bond acceptors (Lipinski definition) is 3. The van der Waals surface area contributed by atoms with E-state index in [2.05, 4.69) is 18.3 Å². The normalized spacial score (nSPS) is 10.6. The fourth-order valence-corrected chi connectivity index (χ4v) is 3.49. The topological polar surface area (TPSA) is 38.3 Å². The smallest absolute Gasteiger partial charge is 0.265 e. The molecule has 0 spiro atoms. The maximum Gasteiger partial charge on any atom is 0.265 e. The van der Waals surface area contributed by atoms with Gasteiger partial charge in [-0.15, -0.1) is 11.3 Å². The molecule has 0 aliphatic rings. The number of carbonyl (C=O) groups excluding carboxylic acids is 1. The number of thiophene rings is 1. The fourth-order valence-electron chi connectivity index (χ4n) is 2.52. The standard InChI is InChI=1S/C21H20ClNO2S/c1-13-5-4-6-19(15(13)3)25-11-16-9-20(26-12-16)21(24)23-18-10-17(22)8-7-14(18)2/h4-10,12H,11H2,1-3H3,(H,23,24). The van der Waals surface area contributed by atoms with Crippen LogP contribution < -0.4 is 10.1 Å². The van der Waals surface area contributed by atoms with Crippen LogP contribution in [0.1, 0.15) is 31.9 Å². The fraction of sp³-hybridized carbons (Fsp3) is 0.190. The Morgan fingerprint density at radius 1 is 1.12 bits per heavy atom. The van der Waals surface area contributed by atoms with E-state index in [0.717, 1.165) is 28.1 Å². The zero-order valence-electron chi connectivity index (χ0n) is 14.9. The second kappa shape index (κ2) is 7.94. The SMILES string of the molecule is Cc1ccc(Cl)cc1NC(=O)c1cc(COc2cccc(C)c2C)cs1. The molecule has 1 aromatic heterocycles. The van der Waals surface area contributed by atoms with Crippen LogP contribution in [0, 0.1) is 20.8 Å². The lowest BCUT2D eigenvalue weighted by Gasteiger charge is -2.10. The van der Waals surface area contributed by atoms with Crippen molar-refractivity contribution in [2.75, 3.05) is 5.32 Å². The Labute approximate surface area is 162 Å². The lowest BCUT2D eigenvalue weighted by atomic mass is 10.1. The number of hydrogen-bond donors (Lipinski definition) is 1. The lowest BCUT2D eigenvalue weighted by Crippen LogP contribution is -2.11. The number of anilines is 1. The number of halogens is 1. The largest absolute Gasteiger partial charge is 0.489 e. The number of aryl methyl sites for hydroxylation is 2. The van der Waals surface area contributed by atoms with E-state index >= 15 is 0 Å². The van der Waals surface area contributed by atoms with Crippen molar-refractivity contribution in [1.29, 1.82) is 0 Å². The summed E-state index contributed by atoms with van der Waals surface area (Å²) < 4.78 is 5.91. The van der Waals surface area contributed by atoms with Gasteiger partial charge in [-0.3, -0.25) is 4.79 Å². The van der Waals surface area contributed by atoms with Crippen LogP contribution in [0.15, 0.2) is 47.8 Å². The summed E-state index contributed by atoms with van der Waals surface area (Å²) in [5, 5.41) is 5.46. The predicted molar refractivity (Wildman–Crippen MR) is 109 cm³/mol. The van der Waals surface area contributed by atoms with Gasteiger partial charge in [-0.25, -0.2) is 0 Å². The summed E-state index contributed by atoms with van der Waals surface area (Å²) in [7, 11) is 0. The van der Waals surface area contributed by atoms with E-state index in [1.807, 2.05) is 43.5 Å². The van der Waals surface area contributed by atoms with E-state index in [4.69, 9.17) is 16.3 Å². The molecule has 134 valence electrons. The van der Waals surface area contributed by atoms with Gasteiger partial charge in [0, 0.05) is 16.3 Å². The van der Waals surface area contributed by atoms with Crippen molar-refractivity contribution in [2.24, 2.45) is 0 Å². The van der Waals surface area contributed by atoms with Crippen LogP contribution in [0.25, 0.3) is 0 Å². The third-order valence-corrected chi connectivity index (χ3v) is 5.49. The molecule has 1 heterocycles. The first-order chi connectivity index (χ1) is 12.4. The highest BCUT2D eigenvalue weighted by Crippen LogP contribution is 2.25. The van der Waals surface area contributed by atoms with Crippen LogP contribution in [0.3, 0.4) is 0 Å². The van der Waals surface area contributed by atoms with Crippen LogP contribution in [-0.4, -0.2) is 5.91 Å². The van der Waals surface area contributed by atoms with Crippen LogP contribution in [0.2, 0.25) is 5.02 Å². The Morgan fingerprint density at radius 2 is 1.92 bits per heavy atom. The zero-order chi connectivity index (χ0) is 18.7. The quantitative estimate of drug-likeness (QED) is 0.571. The molecule has 0 radical (unpaired) electrons. The van der Waals surface area contributed by atoms with Crippen molar-refractivity contribution in [1.82, 2.24) is 0 Å². The van der Waals surface area contributed by atoms with Gasteiger partial charge < -0.3 is 10.1 Å². The summed E-state index contributed by atoms with van der Waals surface area (Å²) in [5.41, 5.74) is 5.01. The van der Waals surface area contributed by atoms with Crippen molar-refractivity contribution < 1.29 is 9.53 Å². The predicted octanol–water partition coefficient (Wildman–Crippen LogP) is 6.16. The Hall–Kier alpha value is -2.30. The van der Waals surface area contributed by atoms with Gasteiger partial charge in [0.1, 0.15) is 12.4 Å². The molecule has 26 heavy (non-hydrogen) atoms. The van der Waals surface area contributed by atoms with E-state index in [9.17, 15) is 4.79 Å². The molecule has 1 amide bonds. The molecule has 5 heteroatoms. The number of benzene rings is 2. The van der Waals surface area contributed by atoms with Gasteiger partial charge in [0.05, 0.1) is 4.88 Å². The molecule has 0 saturated carbocycles. The first-order valence-corrected chi connectivity index (χ1v) is 9.53. The molecule has 0 saturated heterocycles. The molecule has 0 unspecified atom stereocenters. The number of ether oxygens (including phenoxy) is 1. The number of rotatable bonds is 5. The van der Waals surface area contributed by atoms with Crippen molar-refractivity contribution in [2.45, 2.75) is 27.4 Å². The number of nitrogens with one attached hydrogen (secondary N) is 1. The van der Waals surface area contributed by atoms with E-state index in [0.29, 0.717) is 16.5 Å². The minimum Gasteiger partial charge on any atom is -0.489 e. The maximum absolute atomic E-state index is 12.5. The second-order valence-corrected chi connectivity index (χ2v) is 7.57. The third-order valence-electron chi connectivity index (χ3n) is 4.27. The molecular formula is C21H20ClNO2S. The van der Waals surface area contributed by atoms with E-state index < -0.39 is 0 Å². The molecule has 0 aliphatic carbocycles. The lowest BCUT2D eigenvalue weighted by molar-refractivity contribution is 0.103. The number of amides is 1. The summed E-state index contributed by atoms with van der Waals surface area (Å²) >= 11 is 7.41. The van der Waals surface area contributed by atoms with Gasteiger partial charge >= 0.3 is 0 Å². The number of carbonyl (C=O) groups is 1. The van der Waals surface area contributed by atoms with Crippen molar-refractivity contribution >= 4 is 34.5 Å². The zero-order valence-corrected chi connectivity index (χ0v) is 16.5. The highest BCUT2D eigenvalue weighted by atomic mass is 35.5. The minimum atomic E-state index is -0.140. The van der Waals surface area contributed by atoms with Gasteiger partial charge in [-0.2, -0.15) is 0 Å². The first kappa shape index (κ1) is 18.5. The first-order valence-electron chi connectivity index (χ1n) is 8.28. The minimum absolute atomic E-state index is 0.140. The molecule has 1 N–H and O–H groups in total. The summed E-state index contributed by atoms with van der Waals surface area (Å²) in [5.74, 6) is 0.732. The van der Waals surface area contributed by atoms with Crippen molar-refractivity contribution in [3.05, 3.63) is 80.0 Å². The second-order valence-electron chi connectivity index (χ2n) is 6.22. The van der Waals surface area contributed by atoms with Gasteiger partial charge in [0.25, 0.3) is 5.91 Å². The van der Waals surface area contributed by atoms with E-state index in [1.54, 1.807) is 12.1 Å². The van der Waals surface area contributed by atoms with Crippen LogP contribution in [0.4, 0.5) is 5.69 Å². The molecule has 0 bridgehead atoms. The maximum atomic E-state index is 12.5. The Morgan fingerprint density at radius 3 is 2.73 bits per heavy atom. The van der Waals surface area contributed by atoms with Gasteiger partial charge in [-0.05, 0) is 67.1 Å². The highest BCUT2D eigenvalue weighted by Gasteiger charge is 2.12. The van der Waals surface area contributed by atoms with E-state index in [-0.39, 0.29) is 5.91 Å². The average molecular weight is 386 g/mol. The van der Waals surface area contributed by atoms with Crippen LogP contribution in [-0.2, 0) is 6.61 Å². The average Bonchev–Trinajstić information content (AvgIpc) is 3.08. The van der Waals surface area contributed by atoms with Crippen molar-refractivity contribution in [3.8, 4) is 5.75 Å². The van der Waals surface area contributed by atoms with Crippen molar-refractivity contribution in [3.63, 3.8) is 0 Å². The Bertz CT molecular complexity index is 949. The van der Waals surface area contributed by atoms with Crippen LogP contribution >= 0.6 is 22.9 Å². The molecule has 3 rings (SSSR count). The molecular weight excluding hydrogens is 366 g/mol. The van der Waals surface area contributed by atoms with Crippen LogP contribution in [0.5, 0.6) is 5.75 Å². The highest BCUT2D eigenvalue weighted by molar-refractivity contribution is 7.12.